The van der Waals surface area contributed by atoms with Crippen molar-refractivity contribution in [2.24, 2.45) is 0 Å². The van der Waals surface area contributed by atoms with Crippen molar-refractivity contribution in [2.45, 2.75) is 18.1 Å². The molecule has 1 aliphatic rings. The highest BCUT2D eigenvalue weighted by atomic mass is 19.4. The van der Waals surface area contributed by atoms with Crippen LogP contribution in [0.1, 0.15) is 22.0 Å². The fraction of sp³-hybridized carbons (Fsp3) is 0.273. The number of halogens is 5. The minimum absolute atomic E-state index is 0.324. The van der Waals surface area contributed by atoms with Crippen molar-refractivity contribution in [1.29, 1.82) is 0 Å². The van der Waals surface area contributed by atoms with Gasteiger partial charge >= 0.3 is 18.0 Å². The second-order valence-electron chi connectivity index (χ2n) is 3.94. The topological polar surface area (TPSA) is 46.2 Å². The number of Topliss-reactive ketones (excluding diaryl/α,β-unsaturated/α-hetero) is 1. The van der Waals surface area contributed by atoms with Gasteiger partial charge in [-0.05, 0) is 5.56 Å². The van der Waals surface area contributed by atoms with Crippen molar-refractivity contribution in [3.8, 4) is 0 Å². The molecule has 3 nitrogen and oxygen atoms in total. The molecule has 0 spiro atoms. The third-order valence-corrected chi connectivity index (χ3v) is 2.71. The van der Waals surface area contributed by atoms with Crippen LogP contribution in [0, 0.1) is 0 Å². The van der Waals surface area contributed by atoms with Crippen molar-refractivity contribution in [2.75, 3.05) is 0 Å². The number of amides is 1. The summed E-state index contributed by atoms with van der Waals surface area (Å²) in [4.78, 5) is 22.1. The number of hydrogen-bond donors (Lipinski definition) is 1. The van der Waals surface area contributed by atoms with Crippen LogP contribution < -0.4 is 5.32 Å². The van der Waals surface area contributed by atoms with Crippen molar-refractivity contribution < 1.29 is 31.5 Å². The number of ketones is 1. The maximum absolute atomic E-state index is 13.6. The summed E-state index contributed by atoms with van der Waals surface area (Å²) < 4.78 is 63.5. The van der Waals surface area contributed by atoms with E-state index in [2.05, 4.69) is 0 Å². The first-order valence-corrected chi connectivity index (χ1v) is 5.05. The molecule has 0 unspecified atom stereocenters. The second kappa shape index (κ2) is 4.01. The van der Waals surface area contributed by atoms with Crippen LogP contribution in [-0.4, -0.2) is 23.8 Å². The molecule has 1 atom stereocenters. The van der Waals surface area contributed by atoms with Crippen LogP contribution in [-0.2, 0) is 4.79 Å². The Balaban J connectivity index is 2.40. The molecule has 1 aromatic carbocycles. The summed E-state index contributed by atoms with van der Waals surface area (Å²) in [6.07, 6.45) is -5.29. The van der Waals surface area contributed by atoms with E-state index in [-0.39, 0.29) is 11.1 Å². The Labute approximate surface area is 103 Å². The minimum Gasteiger partial charge on any atom is -0.335 e. The third kappa shape index (κ3) is 2.06. The molecule has 0 bridgehead atoms. The number of hydrogen-bond acceptors (Lipinski definition) is 2. The van der Waals surface area contributed by atoms with E-state index >= 15 is 0 Å². The second-order valence-corrected chi connectivity index (χ2v) is 3.94. The van der Waals surface area contributed by atoms with E-state index in [9.17, 15) is 31.5 Å². The summed E-state index contributed by atoms with van der Waals surface area (Å²) >= 11 is 0. The van der Waals surface area contributed by atoms with Crippen LogP contribution in [0.15, 0.2) is 24.3 Å². The Kier molecular flexibility index (Phi) is 2.83. The van der Waals surface area contributed by atoms with Gasteiger partial charge < -0.3 is 5.32 Å². The van der Waals surface area contributed by atoms with E-state index in [0.717, 1.165) is 17.4 Å². The van der Waals surface area contributed by atoms with E-state index < -0.39 is 29.8 Å². The molecule has 0 aromatic heterocycles. The van der Waals surface area contributed by atoms with E-state index in [4.69, 9.17) is 0 Å². The van der Waals surface area contributed by atoms with Gasteiger partial charge in [-0.1, -0.05) is 24.3 Å². The first-order valence-electron chi connectivity index (χ1n) is 5.05. The summed E-state index contributed by atoms with van der Waals surface area (Å²) in [6, 6.07) is 2.45. The third-order valence-electron chi connectivity index (χ3n) is 2.71. The number of carbonyl (C=O) groups is 2. The number of rotatable bonds is 1. The van der Waals surface area contributed by atoms with E-state index in [1.54, 1.807) is 0 Å². The number of fused-ring (bicyclic) bond motifs is 1. The molecular weight excluding hydrogens is 273 g/mol. The highest BCUT2D eigenvalue weighted by Crippen LogP contribution is 2.43. The van der Waals surface area contributed by atoms with Crippen LogP contribution in [0.2, 0.25) is 0 Å². The molecule has 0 fully saturated rings. The number of carbonyl (C=O) groups excluding carboxylic acids is 2. The lowest BCUT2D eigenvalue weighted by Gasteiger charge is -2.20. The average molecular weight is 279 g/mol. The van der Waals surface area contributed by atoms with Crippen molar-refractivity contribution in [1.82, 2.24) is 5.32 Å². The highest BCUT2D eigenvalue weighted by molar-refractivity contribution is 6.07. The lowest BCUT2D eigenvalue weighted by Crippen LogP contribution is -2.45. The van der Waals surface area contributed by atoms with Crippen molar-refractivity contribution >= 4 is 11.7 Å². The molecule has 1 amide bonds. The number of alkyl halides is 5. The van der Waals surface area contributed by atoms with Crippen molar-refractivity contribution in [3.05, 3.63) is 35.4 Å². The van der Waals surface area contributed by atoms with Gasteiger partial charge in [-0.25, -0.2) is 0 Å². The molecule has 0 aliphatic heterocycles. The van der Waals surface area contributed by atoms with E-state index in [0.29, 0.717) is 0 Å². The molecule has 1 aliphatic carbocycles. The maximum Gasteiger partial charge on any atom is 0.471 e. The first-order chi connectivity index (χ1) is 8.65. The van der Waals surface area contributed by atoms with E-state index in [1.165, 1.54) is 12.1 Å². The molecule has 8 heteroatoms. The van der Waals surface area contributed by atoms with Crippen LogP contribution in [0.3, 0.4) is 0 Å². The smallest absolute Gasteiger partial charge is 0.335 e. The molecule has 19 heavy (non-hydrogen) atoms. The predicted molar refractivity (Wildman–Crippen MR) is 52.7 cm³/mol. The van der Waals surface area contributed by atoms with Crippen molar-refractivity contribution in [3.63, 3.8) is 0 Å². The molecule has 102 valence electrons. The SMILES string of the molecule is O=C(N[C@H]1c2ccccc2C(=O)C1(F)F)C(F)(F)F. The lowest BCUT2D eigenvalue weighted by molar-refractivity contribution is -0.176. The Hall–Kier alpha value is -1.99. The summed E-state index contributed by atoms with van der Waals surface area (Å²) in [7, 11) is 0. The zero-order valence-corrected chi connectivity index (χ0v) is 9.09. The predicted octanol–water partition coefficient (Wildman–Crippen LogP) is 2.24. The summed E-state index contributed by atoms with van der Waals surface area (Å²) in [5.74, 6) is -8.21. The first kappa shape index (κ1) is 13.4. The van der Waals surface area contributed by atoms with Gasteiger partial charge in [0.2, 0.25) is 5.78 Å². The zero-order chi connectivity index (χ0) is 14.4. The average Bonchev–Trinajstić information content (AvgIpc) is 2.50. The van der Waals surface area contributed by atoms with Gasteiger partial charge in [0.05, 0.1) is 0 Å². The monoisotopic (exact) mass is 279 g/mol. The largest absolute Gasteiger partial charge is 0.471 e. The van der Waals surface area contributed by atoms with E-state index in [1.807, 2.05) is 0 Å². The molecule has 0 radical (unpaired) electrons. The molecule has 0 saturated carbocycles. The van der Waals surface area contributed by atoms with Gasteiger partial charge in [0.25, 0.3) is 0 Å². The van der Waals surface area contributed by atoms with Gasteiger partial charge in [0.15, 0.2) is 0 Å². The normalized spacial score (nSPS) is 21.1. The lowest BCUT2D eigenvalue weighted by atomic mass is 10.1. The molecule has 0 saturated heterocycles. The Morgan fingerprint density at radius 2 is 1.79 bits per heavy atom. The maximum atomic E-state index is 13.6. The quantitative estimate of drug-likeness (QED) is 0.801. The molecule has 1 aromatic rings. The van der Waals surface area contributed by atoms with Gasteiger partial charge in [-0.15, -0.1) is 0 Å². The zero-order valence-electron chi connectivity index (χ0n) is 9.09. The summed E-state index contributed by atoms with van der Waals surface area (Å²) in [5, 5.41) is 1.16. The summed E-state index contributed by atoms with van der Waals surface area (Å²) in [5.41, 5.74) is -0.713. The van der Waals surface area contributed by atoms with Gasteiger partial charge in [0.1, 0.15) is 6.04 Å². The Bertz CT molecular complexity index is 552. The summed E-state index contributed by atoms with van der Waals surface area (Å²) in [6.45, 7) is 0. The fourth-order valence-corrected chi connectivity index (χ4v) is 1.84. The molecule has 2 rings (SSSR count). The van der Waals surface area contributed by atoms with Crippen LogP contribution in [0.25, 0.3) is 0 Å². The van der Waals surface area contributed by atoms with Gasteiger partial charge in [-0.2, -0.15) is 22.0 Å². The molecular formula is C11H6F5NO2. The minimum atomic E-state index is -5.29. The fourth-order valence-electron chi connectivity index (χ4n) is 1.84. The Morgan fingerprint density at radius 3 is 2.37 bits per heavy atom. The molecule has 1 N–H and O–H groups in total. The standard InChI is InChI=1S/C11H6F5NO2/c12-10(13)7(17-9(19)11(14,15)16)5-3-1-2-4-6(5)8(10)18/h1-4,7H,(H,17,19)/t7-/m0/s1. The number of nitrogens with one attached hydrogen (secondary N) is 1. The highest BCUT2D eigenvalue weighted by Gasteiger charge is 2.57. The Morgan fingerprint density at radius 1 is 1.21 bits per heavy atom. The van der Waals surface area contributed by atoms with Crippen LogP contribution in [0.4, 0.5) is 22.0 Å². The van der Waals surface area contributed by atoms with Gasteiger partial charge in [0, 0.05) is 5.56 Å². The van der Waals surface area contributed by atoms with Crippen LogP contribution in [0.5, 0.6) is 0 Å². The van der Waals surface area contributed by atoms with Crippen LogP contribution >= 0.6 is 0 Å². The molecule has 0 heterocycles. The van der Waals surface area contributed by atoms with Gasteiger partial charge in [-0.3, -0.25) is 9.59 Å². The number of benzene rings is 1.